The Kier molecular flexibility index (Phi) is 4.00. The van der Waals surface area contributed by atoms with Crippen LogP contribution in [0.15, 0.2) is 23.8 Å². The maximum Gasteiger partial charge on any atom is 0.190 e. The van der Waals surface area contributed by atoms with Gasteiger partial charge in [-0.1, -0.05) is 25.5 Å². The number of Topliss-reactive ketones (excluding diaryl/α,β-unsaturated/α-hetero) is 2. The summed E-state index contributed by atoms with van der Waals surface area (Å²) >= 11 is 0. The summed E-state index contributed by atoms with van der Waals surface area (Å²) in [5, 5.41) is 20.5. The van der Waals surface area contributed by atoms with Crippen LogP contribution in [-0.4, -0.2) is 45.4 Å². The van der Waals surface area contributed by atoms with Crippen LogP contribution in [0.4, 0.5) is 4.39 Å². The number of allylic oxidation sites excluding steroid dienone is 4. The third kappa shape index (κ3) is 2.00. The van der Waals surface area contributed by atoms with Crippen LogP contribution in [0.3, 0.4) is 0 Å². The maximum atomic E-state index is 16.9. The van der Waals surface area contributed by atoms with Gasteiger partial charge >= 0.3 is 0 Å². The van der Waals surface area contributed by atoms with E-state index in [0.717, 1.165) is 0 Å². The van der Waals surface area contributed by atoms with Crippen molar-refractivity contribution in [3.8, 4) is 0 Å². The molecule has 7 atom stereocenters. The minimum atomic E-state index is -2.19. The Morgan fingerprint density at radius 3 is 2.64 bits per heavy atom. The van der Waals surface area contributed by atoms with Gasteiger partial charge in [-0.2, -0.15) is 0 Å². The molecule has 0 aromatic carbocycles. The molecule has 4 aliphatic rings. The van der Waals surface area contributed by atoms with Crippen molar-refractivity contribution in [1.29, 1.82) is 0 Å². The second-order valence-electron chi connectivity index (χ2n) is 9.63. The summed E-state index contributed by atoms with van der Waals surface area (Å²) < 4.78 is 16.9. The van der Waals surface area contributed by atoms with Crippen molar-refractivity contribution in [2.24, 2.45) is 28.6 Å². The first-order valence-electron chi connectivity index (χ1n) is 9.98. The second kappa shape index (κ2) is 5.70. The molecule has 0 unspecified atom stereocenters. The molecule has 3 saturated carbocycles. The van der Waals surface area contributed by atoms with Gasteiger partial charge in [-0.05, 0) is 50.2 Å². The Hall–Kier alpha value is -1.66. The summed E-state index contributed by atoms with van der Waals surface area (Å²) in [6.07, 6.45) is 5.09. The summed E-state index contributed by atoms with van der Waals surface area (Å²) in [6, 6.07) is 0. The van der Waals surface area contributed by atoms with E-state index in [1.165, 1.54) is 18.2 Å². The van der Waals surface area contributed by atoms with Crippen molar-refractivity contribution in [3.63, 3.8) is 0 Å². The Morgan fingerprint density at radius 1 is 1.32 bits per heavy atom. The van der Waals surface area contributed by atoms with Crippen LogP contribution in [0.5, 0.6) is 0 Å². The largest absolute Gasteiger partial charge is 0.388 e. The van der Waals surface area contributed by atoms with Gasteiger partial charge in [-0.15, -0.1) is 0 Å². The fourth-order valence-electron chi connectivity index (χ4n) is 6.89. The summed E-state index contributed by atoms with van der Waals surface area (Å²) in [5.74, 6) is -2.77. The Balaban J connectivity index is 1.87. The predicted molar refractivity (Wildman–Crippen MR) is 98.9 cm³/mol. The number of carbonyl (C=O) groups excluding carboxylic acids is 3. The number of hydrogen-bond acceptors (Lipinski definition) is 5. The SMILES string of the molecule is C[C@H]1CC2=CC(=O)C=C[C@]2(C)[C@@]2(F)C(=O)C[C@@]3(C)[C@@H](CC[C@]3(O)C(=O)CO)[C@H]12. The lowest BCUT2D eigenvalue weighted by Gasteiger charge is -2.61. The highest BCUT2D eigenvalue weighted by Gasteiger charge is 2.75. The van der Waals surface area contributed by atoms with E-state index in [0.29, 0.717) is 18.4 Å². The van der Waals surface area contributed by atoms with E-state index in [1.807, 2.05) is 6.92 Å². The molecule has 5 nitrogen and oxygen atoms in total. The molecule has 0 spiro atoms. The summed E-state index contributed by atoms with van der Waals surface area (Å²) in [5.41, 5.74) is -5.67. The zero-order chi connectivity index (χ0) is 20.7. The topological polar surface area (TPSA) is 91.7 Å². The molecule has 0 aromatic rings. The van der Waals surface area contributed by atoms with Gasteiger partial charge in [0.25, 0.3) is 0 Å². The first kappa shape index (κ1) is 19.6. The number of alkyl halides is 1. The highest BCUT2D eigenvalue weighted by Crippen LogP contribution is 2.69. The van der Waals surface area contributed by atoms with E-state index in [4.69, 9.17) is 0 Å². The quantitative estimate of drug-likeness (QED) is 0.753. The fourth-order valence-corrected chi connectivity index (χ4v) is 6.89. The van der Waals surface area contributed by atoms with Crippen molar-refractivity contribution >= 4 is 17.3 Å². The van der Waals surface area contributed by atoms with Crippen molar-refractivity contribution in [2.45, 2.75) is 57.7 Å². The van der Waals surface area contributed by atoms with Crippen molar-refractivity contribution in [2.75, 3.05) is 6.61 Å². The Bertz CT molecular complexity index is 846. The average Bonchev–Trinajstić information content (AvgIpc) is 2.89. The third-order valence-corrected chi connectivity index (χ3v) is 8.49. The van der Waals surface area contributed by atoms with Gasteiger partial charge < -0.3 is 10.2 Å². The zero-order valence-corrected chi connectivity index (χ0v) is 16.5. The van der Waals surface area contributed by atoms with Gasteiger partial charge in [0, 0.05) is 23.2 Å². The van der Waals surface area contributed by atoms with Crippen molar-refractivity contribution < 1.29 is 29.0 Å². The molecule has 6 heteroatoms. The molecule has 0 radical (unpaired) electrons. The Morgan fingerprint density at radius 2 is 2.00 bits per heavy atom. The van der Waals surface area contributed by atoms with E-state index in [2.05, 4.69) is 0 Å². The molecule has 152 valence electrons. The van der Waals surface area contributed by atoms with Crippen LogP contribution in [0, 0.1) is 28.6 Å². The van der Waals surface area contributed by atoms with Gasteiger partial charge in [-0.3, -0.25) is 14.4 Å². The lowest BCUT2D eigenvalue weighted by molar-refractivity contribution is -0.190. The number of aliphatic hydroxyl groups excluding tert-OH is 1. The average molecular weight is 390 g/mol. The Labute approximate surface area is 163 Å². The van der Waals surface area contributed by atoms with Crippen LogP contribution >= 0.6 is 0 Å². The van der Waals surface area contributed by atoms with Crippen LogP contribution in [0.2, 0.25) is 0 Å². The minimum Gasteiger partial charge on any atom is -0.388 e. The molecule has 0 bridgehead atoms. The number of hydrogen-bond donors (Lipinski definition) is 2. The summed E-state index contributed by atoms with van der Waals surface area (Å²) in [4.78, 5) is 37.6. The standard InChI is InChI=1S/C22H27FO5/c1-12-8-13-9-14(25)4-6-19(13,2)22(23)16(26)10-20(3)15(18(12)22)5-7-21(20,28)17(27)11-24/h4,6,9,12,15,18,24,28H,5,7-8,10-11H2,1-3H3/t12-,15-,18-,19-,20-,21-,22+/m0/s1. The van der Waals surface area contributed by atoms with Gasteiger partial charge in [0.2, 0.25) is 0 Å². The minimum absolute atomic E-state index is 0.119. The van der Waals surface area contributed by atoms with Gasteiger partial charge in [-0.25, -0.2) is 4.39 Å². The molecule has 3 fully saturated rings. The van der Waals surface area contributed by atoms with Gasteiger partial charge in [0.05, 0.1) is 0 Å². The van der Waals surface area contributed by atoms with Crippen LogP contribution in [0.1, 0.15) is 46.5 Å². The third-order valence-electron chi connectivity index (χ3n) is 8.49. The molecule has 0 aromatic heterocycles. The smallest absolute Gasteiger partial charge is 0.190 e. The van der Waals surface area contributed by atoms with Crippen LogP contribution < -0.4 is 0 Å². The predicted octanol–water partition coefficient (Wildman–Crippen LogP) is 2.10. The molecule has 28 heavy (non-hydrogen) atoms. The highest BCUT2D eigenvalue weighted by molar-refractivity contribution is 6.03. The monoisotopic (exact) mass is 390 g/mol. The number of rotatable bonds is 2. The maximum absolute atomic E-state index is 16.9. The normalized spacial score (nSPS) is 49.9. The molecular weight excluding hydrogens is 363 g/mol. The number of ketones is 3. The summed E-state index contributed by atoms with van der Waals surface area (Å²) in [7, 11) is 0. The molecule has 0 amide bonds. The lowest BCUT2D eigenvalue weighted by atomic mass is 9.43. The lowest BCUT2D eigenvalue weighted by Crippen LogP contribution is -2.69. The van der Waals surface area contributed by atoms with Crippen molar-refractivity contribution in [1.82, 2.24) is 0 Å². The highest BCUT2D eigenvalue weighted by atomic mass is 19.1. The second-order valence-corrected chi connectivity index (χ2v) is 9.63. The van der Waals surface area contributed by atoms with Crippen molar-refractivity contribution in [3.05, 3.63) is 23.8 Å². The molecule has 4 aliphatic carbocycles. The molecule has 0 saturated heterocycles. The van der Waals surface area contributed by atoms with Crippen LogP contribution in [-0.2, 0) is 14.4 Å². The van der Waals surface area contributed by atoms with E-state index in [-0.39, 0.29) is 30.5 Å². The van der Waals surface area contributed by atoms with E-state index >= 15 is 4.39 Å². The van der Waals surface area contributed by atoms with Gasteiger partial charge in [0.1, 0.15) is 12.2 Å². The van der Waals surface area contributed by atoms with E-state index in [9.17, 15) is 24.6 Å². The number of carbonyl (C=O) groups is 3. The first-order valence-corrected chi connectivity index (χ1v) is 9.98. The first-order chi connectivity index (χ1) is 13.0. The van der Waals surface area contributed by atoms with Gasteiger partial charge in [0.15, 0.2) is 23.0 Å². The zero-order valence-electron chi connectivity index (χ0n) is 16.5. The molecule has 0 aliphatic heterocycles. The molecular formula is C22H27FO5. The number of fused-ring (bicyclic) bond motifs is 5. The molecule has 0 heterocycles. The molecule has 2 N–H and O–H groups in total. The summed E-state index contributed by atoms with van der Waals surface area (Å²) in [6.45, 7) is 4.45. The number of halogens is 1. The fraction of sp³-hybridized carbons (Fsp3) is 0.682. The molecule has 4 rings (SSSR count). The van der Waals surface area contributed by atoms with Crippen LogP contribution in [0.25, 0.3) is 0 Å². The number of aliphatic hydroxyl groups is 2. The van der Waals surface area contributed by atoms with E-state index < -0.39 is 46.2 Å². The van der Waals surface area contributed by atoms with E-state index in [1.54, 1.807) is 13.8 Å².